The normalized spacial score (nSPS) is 22.7. The predicted octanol–water partition coefficient (Wildman–Crippen LogP) is 1.01. The van der Waals surface area contributed by atoms with Crippen molar-refractivity contribution >= 4 is 29.9 Å². The van der Waals surface area contributed by atoms with Crippen molar-refractivity contribution in [3.63, 3.8) is 0 Å². The molecule has 4 amide bonds. The lowest BCUT2D eigenvalue weighted by Crippen LogP contribution is -2.54. The fourth-order valence-electron chi connectivity index (χ4n) is 3.46. The molecule has 1 unspecified atom stereocenters. The highest BCUT2D eigenvalue weighted by Crippen LogP contribution is 2.25. The van der Waals surface area contributed by atoms with Gasteiger partial charge < -0.3 is 4.90 Å². The second-order valence-corrected chi connectivity index (χ2v) is 6.67. The van der Waals surface area contributed by atoms with Crippen LogP contribution in [0.3, 0.4) is 0 Å². The summed E-state index contributed by atoms with van der Waals surface area (Å²) in [5.41, 5.74) is 1.04. The number of fused-ring (bicyclic) bond motifs is 1. The Balaban J connectivity index is 1.44. The molecule has 3 aliphatic rings. The zero-order valence-corrected chi connectivity index (χ0v) is 14.8. The number of piperidine rings is 1. The maximum absolute atomic E-state index is 12.7. The van der Waals surface area contributed by atoms with Crippen LogP contribution in [0.2, 0.25) is 0 Å². The van der Waals surface area contributed by atoms with Crippen LogP contribution in [0.1, 0.15) is 29.0 Å². The zero-order valence-electron chi connectivity index (χ0n) is 14.8. The minimum Gasteiger partial charge on any atom is -0.337 e. The Kier molecular flexibility index (Phi) is 4.35. The standard InChI is InChI=1S/C18H18N6O3/c1-11-9-21-14(10-20-11)17(26)23-7-4-12(5-8-23)24-16(25)13-3-2-6-19-15(13)22-18(24)27/h2-3,6,9-10,12-13H,4-5,7-8H2,1H3. The van der Waals surface area contributed by atoms with Gasteiger partial charge in [0, 0.05) is 31.5 Å². The molecule has 27 heavy (non-hydrogen) atoms. The van der Waals surface area contributed by atoms with E-state index in [2.05, 4.69) is 20.0 Å². The van der Waals surface area contributed by atoms with E-state index in [0.29, 0.717) is 31.6 Å². The van der Waals surface area contributed by atoms with Crippen LogP contribution < -0.4 is 0 Å². The van der Waals surface area contributed by atoms with Crippen molar-refractivity contribution in [1.82, 2.24) is 19.8 Å². The molecule has 0 saturated carbocycles. The second-order valence-electron chi connectivity index (χ2n) is 6.67. The molecule has 0 aromatic carbocycles. The molecular weight excluding hydrogens is 348 g/mol. The number of carbonyl (C=O) groups excluding carboxylic acids is 3. The largest absolute Gasteiger partial charge is 0.352 e. The van der Waals surface area contributed by atoms with Gasteiger partial charge in [-0.25, -0.2) is 14.8 Å². The first kappa shape index (κ1) is 17.2. The molecule has 1 aromatic heterocycles. The summed E-state index contributed by atoms with van der Waals surface area (Å²) in [6, 6.07) is -0.851. The van der Waals surface area contributed by atoms with E-state index in [-0.39, 0.29) is 23.7 Å². The number of dihydropyridines is 1. The topological polar surface area (TPSA) is 108 Å². The van der Waals surface area contributed by atoms with Crippen molar-refractivity contribution in [2.24, 2.45) is 15.9 Å². The van der Waals surface area contributed by atoms with Crippen molar-refractivity contribution < 1.29 is 14.4 Å². The molecule has 0 radical (unpaired) electrons. The lowest BCUT2D eigenvalue weighted by molar-refractivity contribution is -0.131. The fourth-order valence-corrected chi connectivity index (χ4v) is 3.46. The van der Waals surface area contributed by atoms with E-state index in [4.69, 9.17) is 0 Å². The summed E-state index contributed by atoms with van der Waals surface area (Å²) in [4.78, 5) is 56.7. The third-order valence-corrected chi connectivity index (χ3v) is 4.91. The number of carbonyl (C=O) groups is 3. The molecule has 0 N–H and O–H groups in total. The van der Waals surface area contributed by atoms with Crippen LogP contribution >= 0.6 is 0 Å². The summed E-state index contributed by atoms with van der Waals surface area (Å²) in [7, 11) is 0. The average Bonchev–Trinajstić information content (AvgIpc) is 2.68. The highest BCUT2D eigenvalue weighted by Gasteiger charge is 2.41. The number of nitrogens with zero attached hydrogens (tertiary/aromatic N) is 6. The van der Waals surface area contributed by atoms with Gasteiger partial charge in [-0.3, -0.25) is 19.5 Å². The SMILES string of the molecule is Cc1cnc(C(=O)N2CCC(N3C(=O)N=C4N=CC=CC4C3=O)CC2)cn1. The van der Waals surface area contributed by atoms with Gasteiger partial charge in [0.1, 0.15) is 17.4 Å². The summed E-state index contributed by atoms with van der Waals surface area (Å²) in [6.07, 6.45) is 8.93. The van der Waals surface area contributed by atoms with Gasteiger partial charge in [0.05, 0.1) is 11.9 Å². The van der Waals surface area contributed by atoms with Crippen LogP contribution in [-0.2, 0) is 4.79 Å². The van der Waals surface area contributed by atoms with E-state index in [1.807, 2.05) is 0 Å². The Morgan fingerprint density at radius 2 is 1.93 bits per heavy atom. The van der Waals surface area contributed by atoms with Gasteiger partial charge >= 0.3 is 6.03 Å². The first-order valence-corrected chi connectivity index (χ1v) is 8.79. The molecule has 1 fully saturated rings. The van der Waals surface area contributed by atoms with Gasteiger partial charge in [-0.2, -0.15) is 4.99 Å². The molecule has 1 aromatic rings. The summed E-state index contributed by atoms with van der Waals surface area (Å²) in [5.74, 6) is -0.848. The molecule has 138 valence electrons. The van der Waals surface area contributed by atoms with Crippen molar-refractivity contribution in [3.8, 4) is 0 Å². The van der Waals surface area contributed by atoms with Gasteiger partial charge in [0.2, 0.25) is 5.91 Å². The quantitative estimate of drug-likeness (QED) is 0.776. The van der Waals surface area contributed by atoms with E-state index in [9.17, 15) is 14.4 Å². The smallest absolute Gasteiger partial charge is 0.337 e. The van der Waals surface area contributed by atoms with E-state index in [1.165, 1.54) is 17.3 Å². The van der Waals surface area contributed by atoms with Crippen LogP contribution in [-0.4, -0.2) is 68.8 Å². The molecule has 4 heterocycles. The molecule has 0 aliphatic carbocycles. The minimum atomic E-state index is -0.602. The maximum atomic E-state index is 12.7. The van der Waals surface area contributed by atoms with Crippen LogP contribution in [0.15, 0.2) is 34.5 Å². The summed E-state index contributed by atoms with van der Waals surface area (Å²) in [6.45, 7) is 2.68. The molecule has 0 spiro atoms. The molecular formula is C18H18N6O3. The molecule has 9 heteroatoms. The number of likely N-dealkylation sites (tertiary alicyclic amines) is 1. The molecule has 0 bridgehead atoms. The van der Waals surface area contributed by atoms with Crippen molar-refractivity contribution in [2.75, 3.05) is 13.1 Å². The monoisotopic (exact) mass is 366 g/mol. The number of hydrogen-bond acceptors (Lipinski definition) is 6. The predicted molar refractivity (Wildman–Crippen MR) is 96.5 cm³/mol. The maximum Gasteiger partial charge on any atom is 0.352 e. The number of aromatic nitrogens is 2. The third kappa shape index (κ3) is 3.16. The van der Waals surface area contributed by atoms with Gasteiger partial charge in [0.25, 0.3) is 5.91 Å². The number of hydrogen-bond donors (Lipinski definition) is 0. The lowest BCUT2D eigenvalue weighted by atomic mass is 9.97. The van der Waals surface area contributed by atoms with Crippen LogP contribution in [0.25, 0.3) is 0 Å². The van der Waals surface area contributed by atoms with Crippen LogP contribution in [0.4, 0.5) is 4.79 Å². The zero-order chi connectivity index (χ0) is 19.0. The fraction of sp³-hybridized carbons (Fsp3) is 0.389. The number of imide groups is 1. The molecule has 1 atom stereocenters. The number of amidine groups is 1. The minimum absolute atomic E-state index is 0.192. The van der Waals surface area contributed by atoms with Crippen molar-refractivity contribution in [2.45, 2.75) is 25.8 Å². The van der Waals surface area contributed by atoms with Gasteiger partial charge in [-0.05, 0) is 25.8 Å². The lowest BCUT2D eigenvalue weighted by Gasteiger charge is -2.38. The van der Waals surface area contributed by atoms with Crippen molar-refractivity contribution in [1.29, 1.82) is 0 Å². The number of rotatable bonds is 2. The second kappa shape index (κ2) is 6.82. The summed E-state index contributed by atoms with van der Waals surface area (Å²) >= 11 is 0. The van der Waals surface area contributed by atoms with E-state index < -0.39 is 11.9 Å². The van der Waals surface area contributed by atoms with Gasteiger partial charge in [0.15, 0.2) is 0 Å². The summed E-state index contributed by atoms with van der Waals surface area (Å²) in [5, 5.41) is 0. The first-order chi connectivity index (χ1) is 13.0. The van der Waals surface area contributed by atoms with Crippen LogP contribution in [0, 0.1) is 12.8 Å². The number of amides is 4. The van der Waals surface area contributed by atoms with E-state index in [1.54, 1.807) is 30.2 Å². The first-order valence-electron chi connectivity index (χ1n) is 8.79. The molecule has 1 saturated heterocycles. The van der Waals surface area contributed by atoms with E-state index >= 15 is 0 Å². The Labute approximate surface area is 155 Å². The Morgan fingerprint density at radius 3 is 2.63 bits per heavy atom. The Hall–Kier alpha value is -3.23. The number of aliphatic imine (C=N–C) groups is 2. The number of allylic oxidation sites excluding steroid dienone is 1. The molecule has 3 aliphatic heterocycles. The molecule has 4 rings (SSSR count). The van der Waals surface area contributed by atoms with E-state index in [0.717, 1.165) is 5.69 Å². The average molecular weight is 366 g/mol. The van der Waals surface area contributed by atoms with Crippen LogP contribution in [0.5, 0.6) is 0 Å². The summed E-state index contributed by atoms with van der Waals surface area (Å²) < 4.78 is 0. The van der Waals surface area contributed by atoms with Gasteiger partial charge in [-0.1, -0.05) is 6.08 Å². The third-order valence-electron chi connectivity index (χ3n) is 4.91. The van der Waals surface area contributed by atoms with Gasteiger partial charge in [-0.15, -0.1) is 0 Å². The number of urea groups is 1. The molecule has 9 nitrogen and oxygen atoms in total. The number of aryl methyl sites for hydroxylation is 1. The Bertz CT molecular complexity index is 881. The highest BCUT2D eigenvalue weighted by molar-refractivity contribution is 6.19. The Morgan fingerprint density at radius 1 is 1.15 bits per heavy atom. The highest BCUT2D eigenvalue weighted by atomic mass is 16.2. The van der Waals surface area contributed by atoms with Crippen molar-refractivity contribution in [3.05, 3.63) is 35.9 Å².